The first-order valence-corrected chi connectivity index (χ1v) is 9.09. The van der Waals surface area contributed by atoms with Crippen LogP contribution in [0.3, 0.4) is 0 Å². The van der Waals surface area contributed by atoms with E-state index in [4.69, 9.17) is 5.73 Å². The Bertz CT molecular complexity index is 456. The van der Waals surface area contributed by atoms with Gasteiger partial charge in [-0.1, -0.05) is 34.6 Å². The minimum atomic E-state index is 0.239. The third-order valence-corrected chi connectivity index (χ3v) is 6.35. The zero-order valence-electron chi connectivity index (χ0n) is 14.4. The van der Waals surface area contributed by atoms with Crippen LogP contribution in [0.4, 0.5) is 0 Å². The summed E-state index contributed by atoms with van der Waals surface area (Å²) in [5, 5.41) is 0. The average molecular weight is 309 g/mol. The molecule has 2 N–H and O–H groups in total. The SMILES string of the molecule is CC1(C)CCCN(C(CN)c2ccc(C(C)(C)C)s2)CC1. The van der Waals surface area contributed by atoms with E-state index in [-0.39, 0.29) is 5.41 Å². The van der Waals surface area contributed by atoms with Crippen LogP contribution in [0.1, 0.15) is 69.7 Å². The maximum Gasteiger partial charge on any atom is 0.0564 e. The normalized spacial score (nSPS) is 22.0. The summed E-state index contributed by atoms with van der Waals surface area (Å²) in [6.07, 6.45) is 3.90. The van der Waals surface area contributed by atoms with Crippen LogP contribution in [0, 0.1) is 5.41 Å². The molecule has 0 spiro atoms. The summed E-state index contributed by atoms with van der Waals surface area (Å²) in [6, 6.07) is 5.00. The highest BCUT2D eigenvalue weighted by Gasteiger charge is 2.28. The molecule has 1 atom stereocenters. The van der Waals surface area contributed by atoms with Crippen LogP contribution in [-0.4, -0.2) is 24.5 Å². The van der Waals surface area contributed by atoms with Gasteiger partial charge in [-0.3, -0.25) is 4.90 Å². The van der Waals surface area contributed by atoms with Crippen molar-refractivity contribution in [2.75, 3.05) is 19.6 Å². The van der Waals surface area contributed by atoms with Crippen LogP contribution < -0.4 is 5.73 Å². The number of nitrogens with zero attached hydrogens (tertiary/aromatic N) is 1. The maximum atomic E-state index is 6.14. The second-order valence-corrected chi connectivity index (χ2v) is 9.37. The van der Waals surface area contributed by atoms with Gasteiger partial charge in [0.05, 0.1) is 6.04 Å². The topological polar surface area (TPSA) is 29.3 Å². The van der Waals surface area contributed by atoms with Crippen molar-refractivity contribution in [1.82, 2.24) is 4.90 Å². The summed E-state index contributed by atoms with van der Waals surface area (Å²) < 4.78 is 0. The van der Waals surface area contributed by atoms with E-state index in [2.05, 4.69) is 51.7 Å². The van der Waals surface area contributed by atoms with E-state index >= 15 is 0 Å². The second kappa shape index (κ2) is 6.39. The molecule has 1 aromatic rings. The highest BCUT2D eigenvalue weighted by atomic mass is 32.1. The predicted molar refractivity (Wildman–Crippen MR) is 94.0 cm³/mol. The molecule has 21 heavy (non-hydrogen) atoms. The van der Waals surface area contributed by atoms with Gasteiger partial charge in [-0.25, -0.2) is 0 Å². The van der Waals surface area contributed by atoms with E-state index in [0.717, 1.165) is 6.54 Å². The van der Waals surface area contributed by atoms with Gasteiger partial charge in [0, 0.05) is 16.3 Å². The molecule has 0 aromatic carbocycles. The highest BCUT2D eigenvalue weighted by molar-refractivity contribution is 7.12. The quantitative estimate of drug-likeness (QED) is 0.887. The summed E-state index contributed by atoms with van der Waals surface area (Å²) in [5.74, 6) is 0. The largest absolute Gasteiger partial charge is 0.329 e. The van der Waals surface area contributed by atoms with Crippen LogP contribution in [-0.2, 0) is 5.41 Å². The lowest BCUT2D eigenvalue weighted by atomic mass is 9.85. The maximum absolute atomic E-state index is 6.14. The van der Waals surface area contributed by atoms with E-state index in [1.807, 2.05) is 11.3 Å². The molecule has 1 fully saturated rings. The Hall–Kier alpha value is -0.380. The summed E-state index contributed by atoms with van der Waals surface area (Å²) >= 11 is 1.95. The monoisotopic (exact) mass is 308 g/mol. The van der Waals surface area contributed by atoms with Crippen molar-refractivity contribution in [2.45, 2.75) is 65.3 Å². The van der Waals surface area contributed by atoms with Crippen LogP contribution in [0.15, 0.2) is 12.1 Å². The molecule has 1 aliphatic rings. The predicted octanol–water partition coefficient (Wildman–Crippen LogP) is 4.56. The van der Waals surface area contributed by atoms with E-state index in [0.29, 0.717) is 11.5 Å². The van der Waals surface area contributed by atoms with E-state index in [9.17, 15) is 0 Å². The number of thiophene rings is 1. The number of nitrogens with two attached hydrogens (primary N) is 1. The van der Waals surface area contributed by atoms with Gasteiger partial charge >= 0.3 is 0 Å². The molecular weight excluding hydrogens is 276 g/mol. The van der Waals surface area contributed by atoms with E-state index in [1.165, 1.54) is 42.1 Å². The second-order valence-electron chi connectivity index (χ2n) is 8.26. The number of rotatable bonds is 3. The molecule has 0 aliphatic carbocycles. The fraction of sp³-hybridized carbons (Fsp3) is 0.778. The molecule has 0 bridgehead atoms. The number of hydrogen-bond acceptors (Lipinski definition) is 3. The number of likely N-dealkylation sites (tertiary alicyclic amines) is 1. The van der Waals surface area contributed by atoms with Gasteiger partial charge in [-0.15, -0.1) is 11.3 Å². The molecule has 0 radical (unpaired) electrons. The fourth-order valence-electron chi connectivity index (χ4n) is 3.14. The number of hydrogen-bond donors (Lipinski definition) is 1. The minimum absolute atomic E-state index is 0.239. The standard InChI is InChI=1S/C18H32N2S/c1-17(2,3)16-8-7-15(21-16)14(13-19)20-11-6-9-18(4,5)10-12-20/h7-8,14H,6,9-13,19H2,1-5H3. The van der Waals surface area contributed by atoms with Crippen molar-refractivity contribution in [2.24, 2.45) is 11.1 Å². The zero-order valence-corrected chi connectivity index (χ0v) is 15.2. The lowest BCUT2D eigenvalue weighted by Gasteiger charge is -2.30. The molecule has 2 heterocycles. The van der Waals surface area contributed by atoms with Crippen molar-refractivity contribution in [3.63, 3.8) is 0 Å². The van der Waals surface area contributed by atoms with Gasteiger partial charge in [0.25, 0.3) is 0 Å². The highest BCUT2D eigenvalue weighted by Crippen LogP contribution is 2.37. The Balaban J connectivity index is 2.14. The Morgan fingerprint density at radius 1 is 1.24 bits per heavy atom. The molecule has 2 nitrogen and oxygen atoms in total. The smallest absolute Gasteiger partial charge is 0.0564 e. The van der Waals surface area contributed by atoms with Gasteiger partial charge in [0.1, 0.15) is 0 Å². The molecule has 0 amide bonds. The van der Waals surface area contributed by atoms with Crippen molar-refractivity contribution in [1.29, 1.82) is 0 Å². The van der Waals surface area contributed by atoms with Gasteiger partial charge in [-0.05, 0) is 55.3 Å². The first-order valence-electron chi connectivity index (χ1n) is 8.27. The van der Waals surface area contributed by atoms with E-state index < -0.39 is 0 Å². The molecule has 0 saturated carbocycles. The molecule has 2 rings (SSSR count). The van der Waals surface area contributed by atoms with Crippen LogP contribution >= 0.6 is 11.3 Å². The summed E-state index contributed by atoms with van der Waals surface area (Å²) in [5.41, 5.74) is 6.86. The Labute approximate surface area is 134 Å². The first-order chi connectivity index (χ1) is 9.73. The van der Waals surface area contributed by atoms with Gasteiger partial charge in [0.15, 0.2) is 0 Å². The lowest BCUT2D eigenvalue weighted by Crippen LogP contribution is -2.34. The molecule has 1 unspecified atom stereocenters. The lowest BCUT2D eigenvalue weighted by molar-refractivity contribution is 0.202. The molecule has 1 aromatic heterocycles. The fourth-order valence-corrected chi connectivity index (χ4v) is 4.35. The molecule has 1 saturated heterocycles. The first kappa shape index (κ1) is 17.0. The van der Waals surface area contributed by atoms with Gasteiger partial charge < -0.3 is 5.73 Å². The zero-order chi connectivity index (χ0) is 15.7. The summed E-state index contributed by atoms with van der Waals surface area (Å²) in [7, 11) is 0. The third-order valence-electron chi connectivity index (χ3n) is 4.73. The molecule has 3 heteroatoms. The summed E-state index contributed by atoms with van der Waals surface area (Å²) in [6.45, 7) is 14.8. The van der Waals surface area contributed by atoms with Gasteiger partial charge in [-0.2, -0.15) is 0 Å². The molecule has 120 valence electrons. The van der Waals surface area contributed by atoms with Crippen molar-refractivity contribution >= 4 is 11.3 Å². The van der Waals surface area contributed by atoms with Gasteiger partial charge in [0.2, 0.25) is 0 Å². The van der Waals surface area contributed by atoms with Crippen LogP contribution in [0.5, 0.6) is 0 Å². The van der Waals surface area contributed by atoms with Crippen LogP contribution in [0.2, 0.25) is 0 Å². The Kier molecular flexibility index (Phi) is 5.17. The average Bonchev–Trinajstić information content (AvgIpc) is 2.78. The van der Waals surface area contributed by atoms with Crippen LogP contribution in [0.25, 0.3) is 0 Å². The molecule has 1 aliphatic heterocycles. The van der Waals surface area contributed by atoms with E-state index in [1.54, 1.807) is 0 Å². The third kappa shape index (κ3) is 4.30. The Morgan fingerprint density at radius 3 is 2.52 bits per heavy atom. The van der Waals surface area contributed by atoms with Crippen molar-refractivity contribution < 1.29 is 0 Å². The summed E-state index contributed by atoms with van der Waals surface area (Å²) in [4.78, 5) is 5.53. The van der Waals surface area contributed by atoms with Crippen molar-refractivity contribution in [3.05, 3.63) is 21.9 Å². The Morgan fingerprint density at radius 2 is 1.95 bits per heavy atom. The van der Waals surface area contributed by atoms with Crippen molar-refractivity contribution in [3.8, 4) is 0 Å². The minimum Gasteiger partial charge on any atom is -0.329 e. The molecular formula is C18H32N2S.